The lowest BCUT2D eigenvalue weighted by Crippen LogP contribution is -2.06. The van der Waals surface area contributed by atoms with E-state index in [4.69, 9.17) is 12.2 Å². The van der Waals surface area contributed by atoms with Crippen LogP contribution in [0.15, 0.2) is 24.3 Å². The van der Waals surface area contributed by atoms with E-state index in [-0.39, 0.29) is 0 Å². The quantitative estimate of drug-likeness (QED) is 0.734. The van der Waals surface area contributed by atoms with Gasteiger partial charge in [0, 0.05) is 17.8 Å². The maximum Gasteiger partial charge on any atom is 0.252 e. The molecule has 0 aliphatic carbocycles. The number of benzene rings is 1. The first-order valence-electron chi connectivity index (χ1n) is 6.55. The predicted molar refractivity (Wildman–Crippen MR) is 81.6 cm³/mol. The topological polar surface area (TPSA) is 46.0 Å². The summed E-state index contributed by atoms with van der Waals surface area (Å²) in [4.78, 5) is 8.74. The molecule has 0 aliphatic heterocycles. The number of nitrogens with one attached hydrogen (secondary N) is 1. The molecule has 5 heteroatoms. The van der Waals surface area contributed by atoms with Crippen molar-refractivity contribution in [3.63, 3.8) is 0 Å². The van der Waals surface area contributed by atoms with Crippen LogP contribution in [0.25, 0.3) is 5.78 Å². The van der Waals surface area contributed by atoms with E-state index < -0.39 is 0 Å². The van der Waals surface area contributed by atoms with Crippen molar-refractivity contribution in [1.29, 1.82) is 0 Å². The average molecular weight is 284 g/mol. The van der Waals surface area contributed by atoms with Crippen LogP contribution in [0.1, 0.15) is 28.1 Å². The molecule has 0 aliphatic rings. The van der Waals surface area contributed by atoms with Gasteiger partial charge in [0.25, 0.3) is 5.78 Å². The SMILES string of the molecule is Cc1cccc(Cc2c(C)nc3nc(=S)[nH]n3c2C)c1. The molecule has 0 fully saturated rings. The van der Waals surface area contributed by atoms with Gasteiger partial charge >= 0.3 is 0 Å². The zero-order valence-corrected chi connectivity index (χ0v) is 12.6. The van der Waals surface area contributed by atoms with Crippen molar-refractivity contribution in [2.45, 2.75) is 27.2 Å². The normalized spacial score (nSPS) is 11.2. The standard InChI is InChI=1S/C15H16N4S/c1-9-5-4-6-12(7-9)8-13-10(2)16-14-17-15(20)18-19(14)11(13)3/h4-7H,8H2,1-3H3,(H,18,20). The molecule has 0 atom stereocenters. The van der Waals surface area contributed by atoms with Gasteiger partial charge in [-0.1, -0.05) is 29.8 Å². The van der Waals surface area contributed by atoms with E-state index in [9.17, 15) is 0 Å². The lowest BCUT2D eigenvalue weighted by atomic mass is 10.0. The molecule has 0 unspecified atom stereocenters. The number of H-pyrrole nitrogens is 1. The predicted octanol–water partition coefficient (Wildman–Crippen LogP) is 3.30. The van der Waals surface area contributed by atoms with Crippen LogP contribution in [0.2, 0.25) is 0 Å². The Balaban J connectivity index is 2.13. The van der Waals surface area contributed by atoms with E-state index in [2.05, 4.69) is 53.2 Å². The first-order valence-corrected chi connectivity index (χ1v) is 6.96. The van der Waals surface area contributed by atoms with Crippen LogP contribution >= 0.6 is 12.2 Å². The molecule has 20 heavy (non-hydrogen) atoms. The fourth-order valence-electron chi connectivity index (χ4n) is 2.52. The Morgan fingerprint density at radius 2 is 2.00 bits per heavy atom. The number of rotatable bonds is 2. The van der Waals surface area contributed by atoms with E-state index in [0.717, 1.165) is 17.8 Å². The van der Waals surface area contributed by atoms with Crippen molar-refractivity contribution in [3.05, 3.63) is 57.1 Å². The van der Waals surface area contributed by atoms with Gasteiger partial charge in [0.2, 0.25) is 4.77 Å². The minimum Gasteiger partial charge on any atom is -0.265 e. The molecule has 4 nitrogen and oxygen atoms in total. The number of aromatic nitrogens is 4. The van der Waals surface area contributed by atoms with Crippen molar-refractivity contribution in [3.8, 4) is 0 Å². The second-order valence-electron chi connectivity index (χ2n) is 5.09. The number of hydrogen-bond donors (Lipinski definition) is 1. The van der Waals surface area contributed by atoms with Crippen LogP contribution in [0.3, 0.4) is 0 Å². The molecular weight excluding hydrogens is 268 g/mol. The molecule has 0 saturated carbocycles. The second-order valence-corrected chi connectivity index (χ2v) is 5.48. The Labute approximate surface area is 122 Å². The van der Waals surface area contributed by atoms with E-state index in [0.29, 0.717) is 10.5 Å². The number of nitrogens with zero attached hydrogens (tertiary/aromatic N) is 3. The van der Waals surface area contributed by atoms with E-state index in [1.165, 1.54) is 16.7 Å². The van der Waals surface area contributed by atoms with Gasteiger partial charge in [0.15, 0.2) is 0 Å². The Kier molecular flexibility index (Phi) is 3.14. The van der Waals surface area contributed by atoms with E-state index in [1.54, 1.807) is 0 Å². The average Bonchev–Trinajstić information content (AvgIpc) is 2.75. The third kappa shape index (κ3) is 2.25. The molecule has 2 aromatic heterocycles. The summed E-state index contributed by atoms with van der Waals surface area (Å²) in [6.07, 6.45) is 0.862. The second kappa shape index (κ2) is 4.83. The maximum absolute atomic E-state index is 5.08. The summed E-state index contributed by atoms with van der Waals surface area (Å²) in [5, 5.41) is 3.05. The summed E-state index contributed by atoms with van der Waals surface area (Å²) in [5.41, 5.74) is 5.89. The van der Waals surface area contributed by atoms with Crippen LogP contribution in [0, 0.1) is 25.5 Å². The fraction of sp³-hybridized carbons (Fsp3) is 0.267. The highest BCUT2D eigenvalue weighted by atomic mass is 32.1. The van der Waals surface area contributed by atoms with E-state index in [1.807, 2.05) is 11.4 Å². The van der Waals surface area contributed by atoms with Crippen LogP contribution in [-0.2, 0) is 6.42 Å². The lowest BCUT2D eigenvalue weighted by Gasteiger charge is -2.11. The molecule has 0 saturated heterocycles. The smallest absolute Gasteiger partial charge is 0.252 e. The summed E-state index contributed by atoms with van der Waals surface area (Å²) < 4.78 is 2.33. The van der Waals surface area contributed by atoms with Crippen molar-refractivity contribution in [2.75, 3.05) is 0 Å². The highest BCUT2D eigenvalue weighted by molar-refractivity contribution is 7.71. The molecule has 1 aromatic carbocycles. The lowest BCUT2D eigenvalue weighted by molar-refractivity contribution is 0.852. The van der Waals surface area contributed by atoms with Gasteiger partial charge < -0.3 is 0 Å². The Bertz CT molecular complexity index is 845. The number of hydrogen-bond acceptors (Lipinski definition) is 3. The Morgan fingerprint density at radius 3 is 2.75 bits per heavy atom. The molecule has 3 aromatic rings. The van der Waals surface area contributed by atoms with Gasteiger partial charge in [-0.3, -0.25) is 5.10 Å². The van der Waals surface area contributed by atoms with Gasteiger partial charge in [-0.15, -0.1) is 0 Å². The first kappa shape index (κ1) is 13.0. The Morgan fingerprint density at radius 1 is 1.20 bits per heavy atom. The summed E-state index contributed by atoms with van der Waals surface area (Å²) in [6, 6.07) is 8.55. The summed E-state index contributed by atoms with van der Waals surface area (Å²) in [6.45, 7) is 6.20. The van der Waals surface area contributed by atoms with Crippen LogP contribution in [-0.4, -0.2) is 19.6 Å². The van der Waals surface area contributed by atoms with Gasteiger partial charge in [0.1, 0.15) is 0 Å². The number of fused-ring (bicyclic) bond motifs is 1. The third-order valence-electron chi connectivity index (χ3n) is 3.55. The molecule has 2 heterocycles. The molecule has 0 spiro atoms. The molecule has 1 N–H and O–H groups in total. The minimum absolute atomic E-state index is 0.465. The zero-order valence-electron chi connectivity index (χ0n) is 11.8. The highest BCUT2D eigenvalue weighted by Gasteiger charge is 2.11. The first-order chi connectivity index (χ1) is 9.54. The zero-order chi connectivity index (χ0) is 14.3. The molecule has 3 rings (SSSR count). The molecule has 0 amide bonds. The van der Waals surface area contributed by atoms with Crippen molar-refractivity contribution in [2.24, 2.45) is 0 Å². The largest absolute Gasteiger partial charge is 0.265 e. The van der Waals surface area contributed by atoms with Crippen molar-refractivity contribution in [1.82, 2.24) is 19.6 Å². The molecule has 0 radical (unpaired) electrons. The van der Waals surface area contributed by atoms with Crippen LogP contribution in [0.4, 0.5) is 0 Å². The number of aryl methyl sites for hydroxylation is 3. The Hall–Kier alpha value is -2.01. The van der Waals surface area contributed by atoms with E-state index >= 15 is 0 Å². The molecule has 0 bridgehead atoms. The van der Waals surface area contributed by atoms with Crippen LogP contribution < -0.4 is 0 Å². The number of aromatic amines is 1. The van der Waals surface area contributed by atoms with Crippen LogP contribution in [0.5, 0.6) is 0 Å². The fourth-order valence-corrected chi connectivity index (χ4v) is 2.69. The summed E-state index contributed by atoms with van der Waals surface area (Å²) >= 11 is 5.08. The van der Waals surface area contributed by atoms with Gasteiger partial charge in [-0.05, 0) is 44.1 Å². The molecular formula is C15H16N4S. The monoisotopic (exact) mass is 284 g/mol. The summed E-state index contributed by atoms with van der Waals surface area (Å²) in [7, 11) is 0. The van der Waals surface area contributed by atoms with Gasteiger partial charge in [-0.2, -0.15) is 4.98 Å². The van der Waals surface area contributed by atoms with Crippen molar-refractivity contribution >= 4 is 18.0 Å². The maximum atomic E-state index is 5.08. The van der Waals surface area contributed by atoms with Crippen molar-refractivity contribution < 1.29 is 0 Å². The highest BCUT2D eigenvalue weighted by Crippen LogP contribution is 2.18. The third-order valence-corrected chi connectivity index (χ3v) is 3.73. The van der Waals surface area contributed by atoms with Gasteiger partial charge in [-0.25, -0.2) is 9.50 Å². The summed E-state index contributed by atoms with van der Waals surface area (Å²) in [5.74, 6) is 0.637. The minimum atomic E-state index is 0.465. The molecule has 102 valence electrons. The van der Waals surface area contributed by atoms with Gasteiger partial charge in [0.05, 0.1) is 0 Å².